The Labute approximate surface area is 190 Å². The molecule has 1 fully saturated rings. The number of pyridine rings is 2. The van der Waals surface area contributed by atoms with Gasteiger partial charge in [0.15, 0.2) is 0 Å². The summed E-state index contributed by atoms with van der Waals surface area (Å²) in [6.07, 6.45) is 5.82. The van der Waals surface area contributed by atoms with Crippen LogP contribution in [0.4, 0.5) is 14.5 Å². The van der Waals surface area contributed by atoms with E-state index >= 15 is 0 Å². The number of amides is 1. The maximum absolute atomic E-state index is 14.5. The van der Waals surface area contributed by atoms with E-state index in [0.717, 1.165) is 38.4 Å². The van der Waals surface area contributed by atoms with E-state index in [1.165, 1.54) is 37.6 Å². The highest BCUT2D eigenvalue weighted by Gasteiger charge is 2.21. The maximum Gasteiger partial charge on any atom is 0.274 e. The van der Waals surface area contributed by atoms with Crippen LogP contribution in [-0.4, -0.2) is 42.2 Å². The van der Waals surface area contributed by atoms with Crippen molar-refractivity contribution in [2.75, 3.05) is 25.5 Å². The summed E-state index contributed by atoms with van der Waals surface area (Å²) in [6.45, 7) is 1.81. The highest BCUT2D eigenvalue weighted by molar-refractivity contribution is 6.03. The second-order valence-electron chi connectivity index (χ2n) is 7.59. The SMILES string of the molecule is COc1cccc(F)c1-c1nc(C(=O)Nc2cnccc2OC2CCCNCC2)ccc1F. The number of hydrogen-bond donors (Lipinski definition) is 2. The fourth-order valence-corrected chi connectivity index (χ4v) is 3.70. The first-order chi connectivity index (χ1) is 16.1. The van der Waals surface area contributed by atoms with E-state index < -0.39 is 17.5 Å². The zero-order chi connectivity index (χ0) is 23.2. The molecular weight excluding hydrogens is 430 g/mol. The molecule has 3 aromatic rings. The number of nitrogens with zero attached hydrogens (tertiary/aromatic N) is 2. The molecule has 3 heterocycles. The van der Waals surface area contributed by atoms with Gasteiger partial charge in [-0.3, -0.25) is 9.78 Å². The highest BCUT2D eigenvalue weighted by Crippen LogP contribution is 2.33. The molecule has 1 atom stereocenters. The number of carbonyl (C=O) groups is 1. The van der Waals surface area contributed by atoms with Crippen LogP contribution >= 0.6 is 0 Å². The molecule has 1 amide bonds. The lowest BCUT2D eigenvalue weighted by Gasteiger charge is -2.19. The summed E-state index contributed by atoms with van der Waals surface area (Å²) in [7, 11) is 1.35. The van der Waals surface area contributed by atoms with Gasteiger partial charge in [-0.2, -0.15) is 0 Å². The molecule has 2 aromatic heterocycles. The molecule has 1 aliphatic rings. The van der Waals surface area contributed by atoms with Crippen LogP contribution in [0.1, 0.15) is 29.8 Å². The fourth-order valence-electron chi connectivity index (χ4n) is 3.70. The molecular formula is C24H24F2N4O3. The van der Waals surface area contributed by atoms with Gasteiger partial charge in [0.2, 0.25) is 0 Å². The van der Waals surface area contributed by atoms with Crippen LogP contribution in [0.3, 0.4) is 0 Å². The van der Waals surface area contributed by atoms with Crippen LogP contribution < -0.4 is 20.1 Å². The van der Waals surface area contributed by atoms with E-state index in [0.29, 0.717) is 11.4 Å². The molecule has 9 heteroatoms. The van der Waals surface area contributed by atoms with Crippen molar-refractivity contribution < 1.29 is 23.0 Å². The first-order valence-electron chi connectivity index (χ1n) is 10.7. The van der Waals surface area contributed by atoms with Gasteiger partial charge in [0.1, 0.15) is 46.3 Å². The molecule has 0 spiro atoms. The minimum atomic E-state index is -0.776. The number of rotatable bonds is 6. The van der Waals surface area contributed by atoms with Crippen molar-refractivity contribution in [1.82, 2.24) is 15.3 Å². The standard InChI is InChI=1S/C24H24F2N4O3/c1-32-21-6-2-5-16(25)22(21)23-17(26)7-8-18(29-23)24(31)30-19-14-28-13-10-20(19)33-15-4-3-11-27-12-9-15/h2,5-8,10,13-15,27H,3-4,9,11-12H2,1H3,(H,30,31). The van der Waals surface area contributed by atoms with Crippen molar-refractivity contribution in [3.05, 3.63) is 66.1 Å². The minimum Gasteiger partial charge on any atom is -0.496 e. The van der Waals surface area contributed by atoms with Crippen LogP contribution in [-0.2, 0) is 0 Å². The van der Waals surface area contributed by atoms with Crippen molar-refractivity contribution >= 4 is 11.6 Å². The Morgan fingerprint density at radius 3 is 2.82 bits per heavy atom. The van der Waals surface area contributed by atoms with Crippen molar-refractivity contribution in [2.45, 2.75) is 25.4 Å². The monoisotopic (exact) mass is 454 g/mol. The number of halogens is 2. The summed E-state index contributed by atoms with van der Waals surface area (Å²) in [4.78, 5) is 21.1. The van der Waals surface area contributed by atoms with Gasteiger partial charge in [-0.05, 0) is 56.6 Å². The largest absolute Gasteiger partial charge is 0.496 e. The van der Waals surface area contributed by atoms with Crippen molar-refractivity contribution in [3.8, 4) is 22.8 Å². The summed E-state index contributed by atoms with van der Waals surface area (Å²) < 4.78 is 40.3. The molecule has 0 aliphatic carbocycles. The first kappa shape index (κ1) is 22.6. The number of aromatic nitrogens is 2. The van der Waals surface area contributed by atoms with Gasteiger partial charge >= 0.3 is 0 Å². The average Bonchev–Trinajstić information content (AvgIpc) is 3.09. The molecule has 4 rings (SSSR count). The molecule has 1 aromatic carbocycles. The van der Waals surface area contributed by atoms with Crippen molar-refractivity contribution in [1.29, 1.82) is 0 Å². The van der Waals surface area contributed by atoms with E-state index in [9.17, 15) is 13.6 Å². The molecule has 33 heavy (non-hydrogen) atoms. The summed E-state index contributed by atoms with van der Waals surface area (Å²) >= 11 is 0. The van der Waals surface area contributed by atoms with Gasteiger partial charge in [-0.25, -0.2) is 13.8 Å². The second kappa shape index (κ2) is 10.4. The predicted molar refractivity (Wildman–Crippen MR) is 119 cm³/mol. The van der Waals surface area contributed by atoms with Crippen LogP contribution in [0.25, 0.3) is 11.3 Å². The quantitative estimate of drug-likeness (QED) is 0.581. The molecule has 7 nitrogen and oxygen atoms in total. The molecule has 1 aliphatic heterocycles. The topological polar surface area (TPSA) is 85.4 Å². The number of methoxy groups -OCH3 is 1. The second-order valence-corrected chi connectivity index (χ2v) is 7.59. The third kappa shape index (κ3) is 5.25. The van der Waals surface area contributed by atoms with Gasteiger partial charge in [0, 0.05) is 12.3 Å². The van der Waals surface area contributed by atoms with Crippen molar-refractivity contribution in [3.63, 3.8) is 0 Å². The van der Waals surface area contributed by atoms with Gasteiger partial charge in [0.25, 0.3) is 5.91 Å². The average molecular weight is 454 g/mol. The van der Waals surface area contributed by atoms with E-state index in [-0.39, 0.29) is 28.8 Å². The fraction of sp³-hybridized carbons (Fsp3) is 0.292. The van der Waals surface area contributed by atoms with Gasteiger partial charge in [-0.1, -0.05) is 6.07 Å². The van der Waals surface area contributed by atoms with E-state index in [1.54, 1.807) is 12.3 Å². The lowest BCUT2D eigenvalue weighted by atomic mass is 10.1. The Morgan fingerprint density at radius 2 is 1.97 bits per heavy atom. The van der Waals surface area contributed by atoms with E-state index in [4.69, 9.17) is 9.47 Å². The number of carbonyl (C=O) groups excluding carboxylic acids is 1. The zero-order valence-corrected chi connectivity index (χ0v) is 18.1. The Kier molecular flexibility index (Phi) is 7.09. The Bertz CT molecular complexity index is 1130. The lowest BCUT2D eigenvalue weighted by molar-refractivity contribution is 0.102. The van der Waals surface area contributed by atoms with Gasteiger partial charge in [-0.15, -0.1) is 0 Å². The van der Waals surface area contributed by atoms with Crippen LogP contribution in [0.5, 0.6) is 11.5 Å². The van der Waals surface area contributed by atoms with E-state index in [1.807, 2.05) is 0 Å². The van der Waals surface area contributed by atoms with E-state index in [2.05, 4.69) is 20.6 Å². The third-order valence-corrected chi connectivity index (χ3v) is 5.36. The first-order valence-corrected chi connectivity index (χ1v) is 10.7. The molecule has 2 N–H and O–H groups in total. The number of hydrogen-bond acceptors (Lipinski definition) is 6. The number of anilines is 1. The van der Waals surface area contributed by atoms with Gasteiger partial charge in [0.05, 0.1) is 18.9 Å². The predicted octanol–water partition coefficient (Wildman–Crippen LogP) is 4.20. The van der Waals surface area contributed by atoms with Crippen LogP contribution in [0.2, 0.25) is 0 Å². The number of benzene rings is 1. The molecule has 0 radical (unpaired) electrons. The molecule has 0 bridgehead atoms. The maximum atomic E-state index is 14.5. The number of nitrogens with one attached hydrogen (secondary N) is 2. The minimum absolute atomic E-state index is 0.0159. The number of ether oxygens (including phenoxy) is 2. The molecule has 1 unspecified atom stereocenters. The van der Waals surface area contributed by atoms with Crippen LogP contribution in [0.15, 0.2) is 48.8 Å². The summed E-state index contributed by atoms with van der Waals surface area (Å²) in [6, 6.07) is 8.10. The smallest absolute Gasteiger partial charge is 0.274 e. The summed E-state index contributed by atoms with van der Waals surface area (Å²) in [5, 5.41) is 6.05. The third-order valence-electron chi connectivity index (χ3n) is 5.36. The molecule has 172 valence electrons. The summed E-state index contributed by atoms with van der Waals surface area (Å²) in [5.41, 5.74) is -0.188. The zero-order valence-electron chi connectivity index (χ0n) is 18.1. The highest BCUT2D eigenvalue weighted by atomic mass is 19.1. The van der Waals surface area contributed by atoms with Crippen LogP contribution in [0, 0.1) is 11.6 Å². The Morgan fingerprint density at radius 1 is 1.09 bits per heavy atom. The van der Waals surface area contributed by atoms with Gasteiger partial charge < -0.3 is 20.1 Å². The Balaban J connectivity index is 1.59. The molecule has 1 saturated heterocycles. The Hall–Kier alpha value is -3.59. The lowest BCUT2D eigenvalue weighted by Crippen LogP contribution is -2.21. The normalized spacial score (nSPS) is 16.0. The summed E-state index contributed by atoms with van der Waals surface area (Å²) in [5.74, 6) is -1.49. The molecule has 0 saturated carbocycles. The van der Waals surface area contributed by atoms with Crippen molar-refractivity contribution in [2.24, 2.45) is 0 Å².